The van der Waals surface area contributed by atoms with Gasteiger partial charge < -0.3 is 5.11 Å². The van der Waals surface area contributed by atoms with Crippen LogP contribution in [0.25, 0.3) is 6.08 Å². The molecule has 3 nitrogen and oxygen atoms in total. The number of hydrogen-bond donors (Lipinski definition) is 1. The Labute approximate surface area is 105 Å². The molecular weight excluding hydrogens is 228 g/mol. The summed E-state index contributed by atoms with van der Waals surface area (Å²) in [6.07, 6.45) is 4.91. The molecule has 0 aromatic carbocycles. The van der Waals surface area contributed by atoms with Crippen molar-refractivity contribution < 1.29 is 5.11 Å². The van der Waals surface area contributed by atoms with Crippen molar-refractivity contribution in [2.24, 2.45) is 5.92 Å². The van der Waals surface area contributed by atoms with Crippen LogP contribution < -0.4 is 0 Å². The van der Waals surface area contributed by atoms with Gasteiger partial charge in [0.25, 0.3) is 0 Å². The van der Waals surface area contributed by atoms with Crippen molar-refractivity contribution in [3.8, 4) is 0 Å². The number of hydrogen-bond acceptors (Lipinski definition) is 3. The summed E-state index contributed by atoms with van der Waals surface area (Å²) in [5.74, 6) is 0.897. The molecule has 0 aliphatic heterocycles. The van der Waals surface area contributed by atoms with Crippen LogP contribution in [0.4, 0.5) is 0 Å². The van der Waals surface area contributed by atoms with Crippen molar-refractivity contribution in [3.63, 3.8) is 0 Å². The molecule has 17 heavy (non-hydrogen) atoms. The Morgan fingerprint density at radius 2 is 1.71 bits per heavy atom. The van der Waals surface area contributed by atoms with Crippen LogP contribution in [0.3, 0.4) is 0 Å². The normalized spacial score (nSPS) is 14.5. The maximum atomic E-state index is 9.86. The van der Waals surface area contributed by atoms with E-state index in [0.29, 0.717) is 5.82 Å². The molecule has 94 valence electrons. The summed E-state index contributed by atoms with van der Waals surface area (Å²) in [7, 11) is -1.20. The van der Waals surface area contributed by atoms with Crippen molar-refractivity contribution in [3.05, 3.63) is 29.5 Å². The third kappa shape index (κ3) is 4.79. The lowest BCUT2D eigenvalue weighted by molar-refractivity contribution is 0.126. The molecule has 0 fully saturated rings. The van der Waals surface area contributed by atoms with E-state index in [1.54, 1.807) is 12.4 Å². The first kappa shape index (κ1) is 14.1. The van der Waals surface area contributed by atoms with E-state index in [9.17, 15) is 5.11 Å². The molecule has 1 heterocycles. The molecule has 1 aromatic heterocycles. The predicted molar refractivity (Wildman–Crippen MR) is 74.2 cm³/mol. The van der Waals surface area contributed by atoms with Crippen molar-refractivity contribution in [1.82, 2.24) is 9.97 Å². The topological polar surface area (TPSA) is 46.0 Å². The van der Waals surface area contributed by atoms with Gasteiger partial charge in [-0.05, 0) is 12.0 Å². The third-order valence-corrected chi connectivity index (χ3v) is 3.56. The van der Waals surface area contributed by atoms with E-state index in [4.69, 9.17) is 0 Å². The summed E-state index contributed by atoms with van der Waals surface area (Å²) < 4.78 is 0. The van der Waals surface area contributed by atoms with Crippen molar-refractivity contribution >= 4 is 14.1 Å². The Morgan fingerprint density at radius 1 is 1.18 bits per heavy atom. The Kier molecular flexibility index (Phi) is 4.59. The lowest BCUT2D eigenvalue weighted by Gasteiger charge is -2.13. The molecule has 1 atom stereocenters. The molecular formula is C13H22N2OSi. The Bertz CT molecular complexity index is 379. The van der Waals surface area contributed by atoms with Crippen LogP contribution in [-0.4, -0.2) is 23.1 Å². The highest BCUT2D eigenvalue weighted by Gasteiger charge is 2.12. The fourth-order valence-corrected chi connectivity index (χ4v) is 1.95. The summed E-state index contributed by atoms with van der Waals surface area (Å²) in [6.45, 7) is 10.7. The summed E-state index contributed by atoms with van der Waals surface area (Å²) in [4.78, 5) is 8.50. The van der Waals surface area contributed by atoms with Crippen molar-refractivity contribution in [2.75, 3.05) is 0 Å². The highest BCUT2D eigenvalue weighted by molar-refractivity contribution is 6.81. The molecule has 0 unspecified atom stereocenters. The minimum atomic E-state index is -1.20. The minimum absolute atomic E-state index is 0.182. The molecule has 1 aromatic rings. The number of aliphatic hydroxyl groups excluding tert-OH is 1. The maximum Gasteiger partial charge on any atom is 0.151 e. The second-order valence-electron chi connectivity index (χ2n) is 5.76. The number of nitrogens with zero attached hydrogens (tertiary/aromatic N) is 2. The van der Waals surface area contributed by atoms with Crippen LogP contribution in [0.2, 0.25) is 19.6 Å². The molecule has 0 saturated carbocycles. The van der Waals surface area contributed by atoms with Gasteiger partial charge in [-0.25, -0.2) is 9.97 Å². The van der Waals surface area contributed by atoms with Crippen LogP contribution >= 0.6 is 0 Å². The molecule has 0 amide bonds. The number of rotatable bonds is 4. The van der Waals surface area contributed by atoms with Gasteiger partial charge in [0.2, 0.25) is 0 Å². The molecule has 1 rings (SSSR count). The van der Waals surface area contributed by atoms with Gasteiger partial charge in [0.15, 0.2) is 5.82 Å². The third-order valence-electron chi connectivity index (χ3n) is 2.40. The van der Waals surface area contributed by atoms with Crippen LogP contribution in [0.5, 0.6) is 0 Å². The van der Waals surface area contributed by atoms with E-state index in [1.165, 1.54) is 0 Å². The van der Waals surface area contributed by atoms with Gasteiger partial charge >= 0.3 is 0 Å². The Morgan fingerprint density at radius 3 is 2.12 bits per heavy atom. The Balaban J connectivity index is 2.79. The average Bonchev–Trinajstić information content (AvgIpc) is 2.25. The maximum absolute atomic E-state index is 9.86. The lowest BCUT2D eigenvalue weighted by atomic mass is 10.0. The molecule has 4 heteroatoms. The molecule has 0 bridgehead atoms. The first-order chi connectivity index (χ1) is 7.79. The highest BCUT2D eigenvalue weighted by Crippen LogP contribution is 2.19. The van der Waals surface area contributed by atoms with Crippen LogP contribution in [0.1, 0.15) is 31.3 Å². The van der Waals surface area contributed by atoms with Crippen molar-refractivity contribution in [1.29, 1.82) is 0 Å². The summed E-state index contributed by atoms with van der Waals surface area (Å²) >= 11 is 0. The second kappa shape index (κ2) is 5.56. The number of aromatic nitrogens is 2. The zero-order valence-corrected chi connectivity index (χ0v) is 12.3. The van der Waals surface area contributed by atoms with E-state index >= 15 is 0 Å². The fourth-order valence-electron chi connectivity index (χ4n) is 1.30. The molecule has 0 aliphatic carbocycles. The van der Waals surface area contributed by atoms with E-state index in [0.717, 1.165) is 5.56 Å². The largest absolute Gasteiger partial charge is 0.388 e. The van der Waals surface area contributed by atoms with E-state index in [-0.39, 0.29) is 5.92 Å². The van der Waals surface area contributed by atoms with Crippen LogP contribution in [0.15, 0.2) is 18.1 Å². The Hall–Kier alpha value is -1.00. The fraction of sp³-hybridized carbons (Fsp3) is 0.538. The summed E-state index contributed by atoms with van der Waals surface area (Å²) in [6, 6.07) is 0. The predicted octanol–water partition coefficient (Wildman–Crippen LogP) is 3.06. The second-order valence-corrected chi connectivity index (χ2v) is 10.8. The van der Waals surface area contributed by atoms with Gasteiger partial charge in [0, 0.05) is 18.0 Å². The van der Waals surface area contributed by atoms with Gasteiger partial charge in [-0.3, -0.25) is 0 Å². The molecule has 0 aliphatic rings. The van der Waals surface area contributed by atoms with E-state index in [2.05, 4.69) is 35.3 Å². The van der Waals surface area contributed by atoms with E-state index in [1.807, 2.05) is 19.9 Å². The van der Waals surface area contributed by atoms with E-state index < -0.39 is 14.2 Å². The molecule has 0 saturated heterocycles. The first-order valence-corrected chi connectivity index (χ1v) is 9.56. The first-order valence-electron chi connectivity index (χ1n) is 5.99. The minimum Gasteiger partial charge on any atom is -0.388 e. The van der Waals surface area contributed by atoms with Crippen LogP contribution in [0, 0.1) is 5.92 Å². The zero-order chi connectivity index (χ0) is 13.1. The smallest absolute Gasteiger partial charge is 0.151 e. The van der Waals surface area contributed by atoms with Gasteiger partial charge in [-0.1, -0.05) is 39.2 Å². The van der Waals surface area contributed by atoms with Gasteiger partial charge in [-0.2, -0.15) is 0 Å². The summed E-state index contributed by atoms with van der Waals surface area (Å²) in [5, 5.41) is 9.86. The van der Waals surface area contributed by atoms with Crippen LogP contribution in [-0.2, 0) is 0 Å². The monoisotopic (exact) mass is 250 g/mol. The number of aliphatic hydroxyl groups is 1. The molecule has 0 spiro atoms. The average molecular weight is 250 g/mol. The highest BCUT2D eigenvalue weighted by atomic mass is 28.3. The summed E-state index contributed by atoms with van der Waals surface area (Å²) in [5.41, 5.74) is 2.99. The van der Waals surface area contributed by atoms with Gasteiger partial charge in [-0.15, -0.1) is 0 Å². The quantitative estimate of drug-likeness (QED) is 0.835. The van der Waals surface area contributed by atoms with Crippen molar-refractivity contribution in [2.45, 2.75) is 39.6 Å². The van der Waals surface area contributed by atoms with Gasteiger partial charge in [0.05, 0.1) is 14.2 Å². The SMILES string of the molecule is CC(C)[C@H](O)c1cnc(/C=C/[Si](C)(C)C)nc1. The lowest BCUT2D eigenvalue weighted by Crippen LogP contribution is -2.15. The standard InChI is InChI=1S/C13H22N2OSi/c1-10(2)13(16)11-8-14-12(15-9-11)6-7-17(3,4)5/h6-10,13,16H,1-5H3/b7-6+/t13-/m0/s1. The van der Waals surface area contributed by atoms with Gasteiger partial charge in [0.1, 0.15) is 0 Å². The molecule has 1 N–H and O–H groups in total. The molecule has 0 radical (unpaired) electrons. The zero-order valence-electron chi connectivity index (χ0n) is 11.3.